The summed E-state index contributed by atoms with van der Waals surface area (Å²) >= 11 is 0. The van der Waals surface area contributed by atoms with E-state index >= 15 is 0 Å². The van der Waals surface area contributed by atoms with Gasteiger partial charge in [0.2, 0.25) is 0 Å². The molecule has 18 heavy (non-hydrogen) atoms. The lowest BCUT2D eigenvalue weighted by Crippen LogP contribution is -2.48. The van der Waals surface area contributed by atoms with E-state index < -0.39 is 0 Å². The maximum absolute atomic E-state index is 12.2. The molecule has 0 heterocycles. The molecule has 0 fully saturated rings. The van der Waals surface area contributed by atoms with Crippen LogP contribution in [0.4, 0.5) is 4.79 Å². The lowest BCUT2D eigenvalue weighted by atomic mass is 9.96. The number of nitrogens with one attached hydrogen (secondary N) is 1. The zero-order chi connectivity index (χ0) is 14.3. The third-order valence-electron chi connectivity index (χ3n) is 2.89. The van der Waals surface area contributed by atoms with Gasteiger partial charge in [-0.3, -0.25) is 0 Å². The first-order chi connectivity index (χ1) is 8.17. The maximum Gasteiger partial charge on any atom is 0.317 e. The van der Waals surface area contributed by atoms with Crippen molar-refractivity contribution >= 4 is 6.03 Å². The van der Waals surface area contributed by atoms with Crippen molar-refractivity contribution in [2.24, 2.45) is 11.3 Å². The predicted octanol–water partition coefficient (Wildman–Crippen LogP) is 2.47. The van der Waals surface area contributed by atoms with Gasteiger partial charge in [0, 0.05) is 25.7 Å². The van der Waals surface area contributed by atoms with Crippen LogP contribution in [0, 0.1) is 11.3 Å². The van der Waals surface area contributed by atoms with Gasteiger partial charge in [-0.05, 0) is 24.7 Å². The average Bonchev–Trinajstić information content (AvgIpc) is 2.22. The Hall–Kier alpha value is -0.770. The highest BCUT2D eigenvalue weighted by Gasteiger charge is 2.22. The van der Waals surface area contributed by atoms with Gasteiger partial charge in [0.25, 0.3) is 0 Å². The minimum absolute atomic E-state index is 0.0282. The lowest BCUT2D eigenvalue weighted by Gasteiger charge is -2.31. The van der Waals surface area contributed by atoms with Gasteiger partial charge in [-0.25, -0.2) is 4.79 Å². The first-order valence-corrected chi connectivity index (χ1v) is 6.83. The summed E-state index contributed by atoms with van der Waals surface area (Å²) in [6, 6.07) is 0.133. The molecule has 0 bridgehead atoms. The van der Waals surface area contributed by atoms with Gasteiger partial charge in [-0.15, -0.1) is 0 Å². The fraction of sp³-hybridized carbons (Fsp3) is 0.929. The van der Waals surface area contributed by atoms with Crippen molar-refractivity contribution in [3.8, 4) is 0 Å². The molecule has 0 saturated carbocycles. The van der Waals surface area contributed by atoms with Crippen LogP contribution in [0.1, 0.15) is 48.0 Å². The maximum atomic E-state index is 12.2. The molecule has 0 aliphatic rings. The molecule has 1 unspecified atom stereocenters. The highest BCUT2D eigenvalue weighted by atomic mass is 16.3. The first-order valence-electron chi connectivity index (χ1n) is 6.83. The Bertz CT molecular complexity index is 247. The van der Waals surface area contributed by atoms with Crippen LogP contribution in [0.2, 0.25) is 0 Å². The van der Waals surface area contributed by atoms with Crippen molar-refractivity contribution in [1.29, 1.82) is 0 Å². The van der Waals surface area contributed by atoms with Crippen LogP contribution >= 0.6 is 0 Å². The molecule has 0 saturated heterocycles. The van der Waals surface area contributed by atoms with E-state index in [2.05, 4.69) is 39.9 Å². The van der Waals surface area contributed by atoms with Crippen molar-refractivity contribution in [3.05, 3.63) is 0 Å². The number of rotatable bonds is 6. The molecule has 0 aliphatic heterocycles. The molecule has 0 aromatic carbocycles. The van der Waals surface area contributed by atoms with Crippen molar-refractivity contribution in [3.63, 3.8) is 0 Å². The molecule has 0 rings (SSSR count). The average molecular weight is 258 g/mol. The monoisotopic (exact) mass is 258 g/mol. The van der Waals surface area contributed by atoms with Crippen LogP contribution < -0.4 is 5.32 Å². The summed E-state index contributed by atoms with van der Waals surface area (Å²) in [7, 11) is 0. The van der Waals surface area contributed by atoms with Gasteiger partial charge in [0.15, 0.2) is 0 Å². The molecule has 0 radical (unpaired) electrons. The topological polar surface area (TPSA) is 52.6 Å². The molecule has 2 N–H and O–H groups in total. The SMILES string of the molecule is CC(C)C(C)NC(=O)N(CCCO)CC(C)(C)C. The van der Waals surface area contributed by atoms with Crippen LogP contribution in [0.3, 0.4) is 0 Å². The van der Waals surface area contributed by atoms with Crippen LogP contribution in [0.15, 0.2) is 0 Å². The third kappa shape index (κ3) is 7.54. The van der Waals surface area contributed by atoms with E-state index in [0.717, 1.165) is 0 Å². The van der Waals surface area contributed by atoms with E-state index in [4.69, 9.17) is 5.11 Å². The van der Waals surface area contributed by atoms with Crippen molar-refractivity contribution < 1.29 is 9.90 Å². The van der Waals surface area contributed by atoms with Gasteiger partial charge in [-0.2, -0.15) is 0 Å². The van der Waals surface area contributed by atoms with Gasteiger partial charge >= 0.3 is 6.03 Å². The van der Waals surface area contributed by atoms with E-state index in [1.165, 1.54) is 0 Å². The lowest BCUT2D eigenvalue weighted by molar-refractivity contribution is 0.160. The molecule has 108 valence electrons. The van der Waals surface area contributed by atoms with E-state index in [-0.39, 0.29) is 24.1 Å². The summed E-state index contributed by atoms with van der Waals surface area (Å²) < 4.78 is 0. The molecular weight excluding hydrogens is 228 g/mol. The molecule has 2 amide bonds. The van der Waals surface area contributed by atoms with Gasteiger partial charge in [-0.1, -0.05) is 34.6 Å². The second-order valence-corrected chi connectivity index (χ2v) is 6.54. The standard InChI is InChI=1S/C14H30N2O2/c1-11(2)12(3)15-13(18)16(8-7-9-17)10-14(4,5)6/h11-12,17H,7-10H2,1-6H3,(H,15,18). The Morgan fingerprint density at radius 3 is 2.22 bits per heavy atom. The molecule has 1 atom stereocenters. The van der Waals surface area contributed by atoms with Crippen molar-refractivity contribution in [1.82, 2.24) is 10.2 Å². The van der Waals surface area contributed by atoms with E-state index in [1.807, 2.05) is 6.92 Å². The van der Waals surface area contributed by atoms with Crippen LogP contribution in [-0.4, -0.2) is 41.8 Å². The van der Waals surface area contributed by atoms with Gasteiger partial charge in [0.1, 0.15) is 0 Å². The normalized spacial score (nSPS) is 13.6. The fourth-order valence-electron chi connectivity index (χ4n) is 1.54. The van der Waals surface area contributed by atoms with Crippen LogP contribution in [0.5, 0.6) is 0 Å². The van der Waals surface area contributed by atoms with E-state index in [0.29, 0.717) is 25.4 Å². The van der Waals surface area contributed by atoms with Crippen molar-refractivity contribution in [2.45, 2.75) is 54.0 Å². The Balaban J connectivity index is 4.49. The second kappa shape index (κ2) is 7.62. The fourth-order valence-corrected chi connectivity index (χ4v) is 1.54. The number of aliphatic hydroxyl groups is 1. The number of aliphatic hydroxyl groups excluding tert-OH is 1. The molecule has 0 spiro atoms. The molecule has 4 nitrogen and oxygen atoms in total. The summed E-state index contributed by atoms with van der Waals surface area (Å²) in [6.07, 6.45) is 0.625. The number of amides is 2. The number of carbonyl (C=O) groups excluding carboxylic acids is 1. The first kappa shape index (κ1) is 17.2. The highest BCUT2D eigenvalue weighted by molar-refractivity contribution is 5.74. The molecule has 0 aromatic rings. The Kier molecular flexibility index (Phi) is 7.29. The number of carbonyl (C=O) groups is 1. The van der Waals surface area contributed by atoms with E-state index in [9.17, 15) is 4.79 Å². The Morgan fingerprint density at radius 1 is 1.28 bits per heavy atom. The third-order valence-corrected chi connectivity index (χ3v) is 2.89. The summed E-state index contributed by atoms with van der Waals surface area (Å²) in [6.45, 7) is 13.9. The smallest absolute Gasteiger partial charge is 0.317 e. The summed E-state index contributed by atoms with van der Waals surface area (Å²) in [5, 5.41) is 11.9. The minimum Gasteiger partial charge on any atom is -0.396 e. The molecular formula is C14H30N2O2. The van der Waals surface area contributed by atoms with Crippen molar-refractivity contribution in [2.75, 3.05) is 19.7 Å². The Labute approximate surface area is 112 Å². The van der Waals surface area contributed by atoms with E-state index in [1.54, 1.807) is 4.90 Å². The van der Waals surface area contributed by atoms with Gasteiger partial charge < -0.3 is 15.3 Å². The van der Waals surface area contributed by atoms with Crippen LogP contribution in [0.25, 0.3) is 0 Å². The minimum atomic E-state index is -0.0282. The second-order valence-electron chi connectivity index (χ2n) is 6.54. The highest BCUT2D eigenvalue weighted by Crippen LogP contribution is 2.15. The summed E-state index contributed by atoms with van der Waals surface area (Å²) in [5.41, 5.74) is 0.0634. The zero-order valence-corrected chi connectivity index (χ0v) is 12.8. The number of urea groups is 1. The number of hydrogen-bond acceptors (Lipinski definition) is 2. The zero-order valence-electron chi connectivity index (χ0n) is 12.8. The number of hydrogen-bond donors (Lipinski definition) is 2. The summed E-state index contributed by atoms with van der Waals surface area (Å²) in [5.74, 6) is 0.420. The quantitative estimate of drug-likeness (QED) is 0.769. The molecule has 4 heteroatoms. The predicted molar refractivity (Wildman–Crippen MR) is 75.6 cm³/mol. The van der Waals surface area contributed by atoms with Gasteiger partial charge in [0.05, 0.1) is 0 Å². The molecule has 0 aliphatic carbocycles. The Morgan fingerprint density at radius 2 is 1.83 bits per heavy atom. The largest absolute Gasteiger partial charge is 0.396 e. The number of nitrogens with zero attached hydrogens (tertiary/aromatic N) is 1. The van der Waals surface area contributed by atoms with Crippen LogP contribution in [-0.2, 0) is 0 Å². The summed E-state index contributed by atoms with van der Waals surface area (Å²) in [4.78, 5) is 14.0. The molecule has 0 aromatic heterocycles.